The molecule has 2 heterocycles. The standard InChI is InChI=1S/C15H29N3O/c1-11(2)18-8-6-13(10-18)9-17-15(19)14-12(3)5-4-7-16-14/h11-14,16H,4-10H2,1-3H3,(H,17,19). The molecule has 4 nitrogen and oxygen atoms in total. The molecule has 0 aromatic rings. The molecular weight excluding hydrogens is 238 g/mol. The third kappa shape index (κ3) is 3.93. The highest BCUT2D eigenvalue weighted by molar-refractivity contribution is 5.82. The van der Waals surface area contributed by atoms with E-state index in [0.717, 1.165) is 26.1 Å². The molecule has 0 aliphatic carbocycles. The second kappa shape index (κ2) is 6.71. The van der Waals surface area contributed by atoms with E-state index in [2.05, 4.69) is 36.3 Å². The maximum absolute atomic E-state index is 12.2. The van der Waals surface area contributed by atoms with Crippen LogP contribution in [0.5, 0.6) is 0 Å². The van der Waals surface area contributed by atoms with Crippen LogP contribution in [-0.4, -0.2) is 49.1 Å². The van der Waals surface area contributed by atoms with E-state index in [1.807, 2.05) is 0 Å². The molecule has 4 heteroatoms. The Hall–Kier alpha value is -0.610. The lowest BCUT2D eigenvalue weighted by Crippen LogP contribution is -2.51. The van der Waals surface area contributed by atoms with Gasteiger partial charge in [0.2, 0.25) is 5.91 Å². The van der Waals surface area contributed by atoms with E-state index in [4.69, 9.17) is 0 Å². The number of piperidine rings is 1. The molecule has 2 aliphatic heterocycles. The molecule has 19 heavy (non-hydrogen) atoms. The van der Waals surface area contributed by atoms with Crippen molar-refractivity contribution < 1.29 is 4.79 Å². The predicted molar refractivity (Wildman–Crippen MR) is 78.0 cm³/mol. The lowest BCUT2D eigenvalue weighted by atomic mass is 9.92. The summed E-state index contributed by atoms with van der Waals surface area (Å²) in [6.07, 6.45) is 3.57. The summed E-state index contributed by atoms with van der Waals surface area (Å²) in [5, 5.41) is 6.50. The topological polar surface area (TPSA) is 44.4 Å². The molecule has 0 radical (unpaired) electrons. The molecule has 3 atom stereocenters. The number of nitrogens with one attached hydrogen (secondary N) is 2. The van der Waals surface area contributed by atoms with Crippen molar-refractivity contribution in [2.75, 3.05) is 26.2 Å². The van der Waals surface area contributed by atoms with E-state index >= 15 is 0 Å². The van der Waals surface area contributed by atoms with Crippen LogP contribution in [0.25, 0.3) is 0 Å². The van der Waals surface area contributed by atoms with Crippen LogP contribution in [0.4, 0.5) is 0 Å². The van der Waals surface area contributed by atoms with Gasteiger partial charge in [-0.3, -0.25) is 4.79 Å². The Morgan fingerprint density at radius 3 is 2.84 bits per heavy atom. The van der Waals surface area contributed by atoms with Crippen LogP contribution in [0.1, 0.15) is 40.0 Å². The number of likely N-dealkylation sites (tertiary alicyclic amines) is 1. The first-order chi connectivity index (χ1) is 9.08. The van der Waals surface area contributed by atoms with E-state index in [0.29, 0.717) is 17.9 Å². The summed E-state index contributed by atoms with van der Waals surface area (Å²) in [5.74, 6) is 1.30. The van der Waals surface area contributed by atoms with Crippen molar-refractivity contribution in [3.8, 4) is 0 Å². The van der Waals surface area contributed by atoms with Crippen LogP contribution in [0.2, 0.25) is 0 Å². The first-order valence-corrected chi connectivity index (χ1v) is 7.83. The van der Waals surface area contributed by atoms with E-state index in [1.165, 1.54) is 19.4 Å². The van der Waals surface area contributed by atoms with Gasteiger partial charge in [-0.1, -0.05) is 6.92 Å². The SMILES string of the molecule is CC1CCCNC1C(=O)NCC1CCN(C(C)C)C1. The first kappa shape index (κ1) is 14.8. The molecule has 0 aromatic carbocycles. The van der Waals surface area contributed by atoms with E-state index in [1.54, 1.807) is 0 Å². The van der Waals surface area contributed by atoms with Gasteiger partial charge in [0.05, 0.1) is 6.04 Å². The third-order valence-electron chi connectivity index (χ3n) is 4.66. The Bertz CT molecular complexity index is 306. The smallest absolute Gasteiger partial charge is 0.237 e. The van der Waals surface area contributed by atoms with Gasteiger partial charge in [0.25, 0.3) is 0 Å². The van der Waals surface area contributed by atoms with Gasteiger partial charge in [-0.2, -0.15) is 0 Å². The zero-order valence-electron chi connectivity index (χ0n) is 12.6. The molecule has 0 bridgehead atoms. The number of rotatable bonds is 4. The Morgan fingerprint density at radius 2 is 2.21 bits per heavy atom. The maximum Gasteiger partial charge on any atom is 0.237 e. The minimum atomic E-state index is 0.0244. The molecule has 0 aromatic heterocycles. The molecule has 2 N–H and O–H groups in total. The van der Waals surface area contributed by atoms with Gasteiger partial charge in [-0.05, 0) is 58.0 Å². The molecule has 110 valence electrons. The highest BCUT2D eigenvalue weighted by Crippen LogP contribution is 2.18. The second-order valence-electron chi connectivity index (χ2n) is 6.54. The van der Waals surface area contributed by atoms with Crippen molar-refractivity contribution >= 4 is 5.91 Å². The summed E-state index contributed by atoms with van der Waals surface area (Å²) >= 11 is 0. The number of hydrogen-bond donors (Lipinski definition) is 2. The molecule has 2 aliphatic rings. The van der Waals surface area contributed by atoms with Crippen LogP contribution in [0.15, 0.2) is 0 Å². The number of amides is 1. The fourth-order valence-electron chi connectivity index (χ4n) is 3.25. The zero-order chi connectivity index (χ0) is 13.8. The van der Waals surface area contributed by atoms with Gasteiger partial charge >= 0.3 is 0 Å². The fourth-order valence-corrected chi connectivity index (χ4v) is 3.25. The number of nitrogens with zero attached hydrogens (tertiary/aromatic N) is 1. The number of hydrogen-bond acceptors (Lipinski definition) is 3. The minimum Gasteiger partial charge on any atom is -0.354 e. The average Bonchev–Trinajstić information content (AvgIpc) is 2.85. The van der Waals surface area contributed by atoms with E-state index < -0.39 is 0 Å². The molecular formula is C15H29N3O. The van der Waals surface area contributed by atoms with Crippen LogP contribution in [0.3, 0.4) is 0 Å². The highest BCUT2D eigenvalue weighted by atomic mass is 16.2. The summed E-state index contributed by atoms with van der Waals surface area (Å²) in [6.45, 7) is 10.8. The summed E-state index contributed by atoms with van der Waals surface area (Å²) < 4.78 is 0. The van der Waals surface area contributed by atoms with Gasteiger partial charge in [-0.15, -0.1) is 0 Å². The Morgan fingerprint density at radius 1 is 1.42 bits per heavy atom. The largest absolute Gasteiger partial charge is 0.354 e. The Balaban J connectivity index is 1.72. The highest BCUT2D eigenvalue weighted by Gasteiger charge is 2.29. The predicted octanol–water partition coefficient (Wildman–Crippen LogP) is 1.22. The van der Waals surface area contributed by atoms with Crippen molar-refractivity contribution in [3.05, 3.63) is 0 Å². The van der Waals surface area contributed by atoms with E-state index in [9.17, 15) is 4.79 Å². The molecule has 2 saturated heterocycles. The lowest BCUT2D eigenvalue weighted by Gasteiger charge is -2.29. The van der Waals surface area contributed by atoms with Gasteiger partial charge in [0, 0.05) is 19.1 Å². The summed E-state index contributed by atoms with van der Waals surface area (Å²) in [5.41, 5.74) is 0. The summed E-state index contributed by atoms with van der Waals surface area (Å²) in [7, 11) is 0. The van der Waals surface area contributed by atoms with Gasteiger partial charge in [0.15, 0.2) is 0 Å². The van der Waals surface area contributed by atoms with E-state index in [-0.39, 0.29) is 11.9 Å². The average molecular weight is 267 g/mol. The van der Waals surface area contributed by atoms with Gasteiger partial charge in [0.1, 0.15) is 0 Å². The van der Waals surface area contributed by atoms with Crippen LogP contribution >= 0.6 is 0 Å². The first-order valence-electron chi connectivity index (χ1n) is 7.83. The Kier molecular flexibility index (Phi) is 5.22. The molecule has 0 spiro atoms. The summed E-state index contributed by atoms with van der Waals surface area (Å²) in [6, 6.07) is 0.650. The quantitative estimate of drug-likeness (QED) is 0.805. The lowest BCUT2D eigenvalue weighted by molar-refractivity contribution is -0.125. The van der Waals surface area contributed by atoms with Crippen molar-refractivity contribution in [1.29, 1.82) is 0 Å². The van der Waals surface area contributed by atoms with Gasteiger partial charge < -0.3 is 15.5 Å². The molecule has 1 amide bonds. The fraction of sp³-hybridized carbons (Fsp3) is 0.933. The van der Waals surface area contributed by atoms with Gasteiger partial charge in [-0.25, -0.2) is 0 Å². The van der Waals surface area contributed by atoms with Crippen LogP contribution in [-0.2, 0) is 4.79 Å². The third-order valence-corrected chi connectivity index (χ3v) is 4.66. The van der Waals surface area contributed by atoms with Crippen molar-refractivity contribution in [1.82, 2.24) is 15.5 Å². The minimum absolute atomic E-state index is 0.0244. The maximum atomic E-state index is 12.2. The van der Waals surface area contributed by atoms with Crippen LogP contribution < -0.4 is 10.6 Å². The molecule has 2 fully saturated rings. The molecule has 0 saturated carbocycles. The monoisotopic (exact) mass is 267 g/mol. The molecule has 3 unspecified atom stereocenters. The summed E-state index contributed by atoms with van der Waals surface area (Å²) in [4.78, 5) is 14.7. The Labute approximate surface area is 117 Å². The normalized spacial score (nSPS) is 32.7. The van der Waals surface area contributed by atoms with Crippen molar-refractivity contribution in [3.63, 3.8) is 0 Å². The zero-order valence-corrected chi connectivity index (χ0v) is 12.6. The number of carbonyl (C=O) groups excluding carboxylic acids is 1. The van der Waals surface area contributed by atoms with Crippen molar-refractivity contribution in [2.24, 2.45) is 11.8 Å². The molecule has 2 rings (SSSR count). The number of carbonyl (C=O) groups is 1. The van der Waals surface area contributed by atoms with Crippen LogP contribution in [0, 0.1) is 11.8 Å². The second-order valence-corrected chi connectivity index (χ2v) is 6.54. The van der Waals surface area contributed by atoms with Crippen molar-refractivity contribution in [2.45, 2.75) is 52.1 Å².